The molecule has 1 aromatic heterocycles. The Hall–Kier alpha value is -2.62. The lowest BCUT2D eigenvalue weighted by molar-refractivity contribution is -0.275. The van der Waals surface area contributed by atoms with Crippen LogP contribution in [0.3, 0.4) is 0 Å². The van der Waals surface area contributed by atoms with Gasteiger partial charge in [0.1, 0.15) is 10.4 Å². The molecule has 5 nitrogen and oxygen atoms in total. The molecular weight excluding hydrogens is 558 g/mol. The number of carbonyl (C=O) groups is 1. The molecule has 1 aliphatic heterocycles. The van der Waals surface area contributed by atoms with Crippen molar-refractivity contribution in [1.29, 1.82) is 0 Å². The Morgan fingerprint density at radius 3 is 2.44 bits per heavy atom. The fourth-order valence-electron chi connectivity index (χ4n) is 3.61. The summed E-state index contributed by atoms with van der Waals surface area (Å²) in [5.74, 6) is -0.0518. The second-order valence-electron chi connectivity index (χ2n) is 7.62. The Bertz CT molecular complexity index is 1300. The molecule has 1 unspecified atom stereocenters. The first-order chi connectivity index (χ1) is 16.0. The van der Waals surface area contributed by atoms with Crippen LogP contribution in [0.25, 0.3) is 0 Å². The van der Waals surface area contributed by atoms with Crippen LogP contribution in [-0.2, 0) is 10.4 Å². The number of carbonyl (C=O) groups excluding carboxylic acids is 1. The van der Waals surface area contributed by atoms with Gasteiger partial charge in [-0.15, -0.1) is 0 Å². The van der Waals surface area contributed by atoms with Crippen molar-refractivity contribution in [2.75, 3.05) is 5.32 Å². The topological polar surface area (TPSA) is 63.6 Å². The summed E-state index contributed by atoms with van der Waals surface area (Å²) in [6.07, 6.45) is -5.38. The highest BCUT2D eigenvalue weighted by Gasteiger charge is 2.62. The fourth-order valence-corrected chi connectivity index (χ4v) is 4.47. The average Bonchev–Trinajstić information content (AvgIpc) is 3.20. The Morgan fingerprint density at radius 2 is 1.82 bits per heavy atom. The molecule has 0 saturated heterocycles. The molecule has 0 saturated carbocycles. The highest BCUT2D eigenvalue weighted by Crippen LogP contribution is 2.49. The molecule has 11 heteroatoms. The monoisotopic (exact) mass is 571 g/mol. The first-order valence-corrected chi connectivity index (χ1v) is 11.4. The maximum atomic E-state index is 14.2. The lowest BCUT2D eigenvalue weighted by atomic mass is 9.86. The molecule has 1 atom stereocenters. The van der Waals surface area contributed by atoms with E-state index in [-0.39, 0.29) is 21.3 Å². The largest absolute Gasteiger partial charge is 0.435 e. The third kappa shape index (κ3) is 4.78. The fraction of sp³-hybridized carbons (Fsp3) is 0.174. The standard InChI is InChI=1S/C23H15BrCl2F3N3O2/c1-12-7-13(5-6-17(12)21(33)31-20-4-2-3-19(24)30-20)18-11-22(34-32-18,23(27,28)29)14-8-15(25)10-16(26)9-14/h2-10H,11H2,1H3,(H,30,31,33). The zero-order chi connectivity index (χ0) is 24.7. The lowest BCUT2D eigenvalue weighted by Crippen LogP contribution is -2.42. The number of nitrogens with zero attached hydrogens (tertiary/aromatic N) is 2. The number of amides is 1. The van der Waals surface area contributed by atoms with Crippen molar-refractivity contribution < 1.29 is 22.8 Å². The average molecular weight is 573 g/mol. The molecular formula is C23H15BrCl2F3N3O2. The van der Waals surface area contributed by atoms with E-state index >= 15 is 0 Å². The van der Waals surface area contributed by atoms with E-state index in [9.17, 15) is 18.0 Å². The molecule has 1 N–H and O–H groups in total. The highest BCUT2D eigenvalue weighted by atomic mass is 79.9. The van der Waals surface area contributed by atoms with Crippen LogP contribution in [0.5, 0.6) is 0 Å². The number of alkyl halides is 3. The van der Waals surface area contributed by atoms with Gasteiger partial charge in [-0.05, 0) is 76.4 Å². The van der Waals surface area contributed by atoms with Crippen LogP contribution < -0.4 is 5.32 Å². The molecule has 0 aliphatic carbocycles. The number of rotatable bonds is 4. The number of benzene rings is 2. The predicted octanol–water partition coefficient (Wildman–Crippen LogP) is 7.29. The number of aromatic nitrogens is 1. The molecule has 4 rings (SSSR count). The van der Waals surface area contributed by atoms with Crippen molar-refractivity contribution in [2.24, 2.45) is 5.16 Å². The summed E-state index contributed by atoms with van der Waals surface area (Å²) >= 11 is 15.1. The number of aryl methyl sites for hydroxylation is 1. The molecule has 0 bridgehead atoms. The summed E-state index contributed by atoms with van der Waals surface area (Å²) in [7, 11) is 0. The van der Waals surface area contributed by atoms with Crippen molar-refractivity contribution in [3.8, 4) is 0 Å². The predicted molar refractivity (Wildman–Crippen MR) is 128 cm³/mol. The van der Waals surface area contributed by atoms with E-state index < -0.39 is 24.1 Å². The normalized spacial score (nSPS) is 17.8. The van der Waals surface area contributed by atoms with Crippen LogP contribution in [0.4, 0.5) is 19.0 Å². The van der Waals surface area contributed by atoms with Crippen molar-refractivity contribution in [2.45, 2.75) is 25.1 Å². The summed E-state index contributed by atoms with van der Waals surface area (Å²) in [5, 5.41) is 6.54. The number of hydrogen-bond acceptors (Lipinski definition) is 4. The SMILES string of the molecule is Cc1cc(C2=NOC(c3cc(Cl)cc(Cl)c3)(C(F)(F)F)C2)ccc1C(=O)Nc1cccc(Br)n1. The number of nitrogens with one attached hydrogen (secondary N) is 1. The zero-order valence-electron chi connectivity index (χ0n) is 17.4. The van der Waals surface area contributed by atoms with Crippen molar-refractivity contribution in [3.63, 3.8) is 0 Å². The van der Waals surface area contributed by atoms with Gasteiger partial charge < -0.3 is 10.2 Å². The molecule has 176 valence electrons. The van der Waals surface area contributed by atoms with Crippen LogP contribution in [0.1, 0.15) is 33.5 Å². The smallest absolute Gasteiger partial charge is 0.374 e. The summed E-state index contributed by atoms with van der Waals surface area (Å²) in [6, 6.07) is 13.4. The van der Waals surface area contributed by atoms with Crippen molar-refractivity contribution in [1.82, 2.24) is 4.98 Å². The van der Waals surface area contributed by atoms with Gasteiger partial charge in [-0.25, -0.2) is 4.98 Å². The number of anilines is 1. The Balaban J connectivity index is 1.60. The van der Waals surface area contributed by atoms with E-state index in [0.29, 0.717) is 27.1 Å². The molecule has 1 amide bonds. The van der Waals surface area contributed by atoms with Gasteiger partial charge in [-0.2, -0.15) is 13.2 Å². The quantitative estimate of drug-likeness (QED) is 0.334. The molecule has 1 aliphatic rings. The summed E-state index contributed by atoms with van der Waals surface area (Å²) in [4.78, 5) is 21.8. The van der Waals surface area contributed by atoms with E-state index in [1.807, 2.05) is 0 Å². The number of hydrogen-bond donors (Lipinski definition) is 1. The third-order valence-corrected chi connectivity index (χ3v) is 6.15. The van der Waals surface area contributed by atoms with E-state index in [0.717, 1.165) is 12.1 Å². The number of oxime groups is 1. The van der Waals surface area contributed by atoms with Crippen molar-refractivity contribution in [3.05, 3.63) is 91.5 Å². The zero-order valence-corrected chi connectivity index (χ0v) is 20.5. The number of halogens is 6. The molecule has 2 heterocycles. The minimum absolute atomic E-state index is 0.0503. The van der Waals surface area contributed by atoms with Crippen LogP contribution in [0.15, 0.2) is 64.4 Å². The van der Waals surface area contributed by atoms with Crippen LogP contribution in [0.2, 0.25) is 10.0 Å². The van der Waals surface area contributed by atoms with E-state index in [2.05, 4.69) is 31.4 Å². The van der Waals surface area contributed by atoms with Gasteiger partial charge in [0.25, 0.3) is 11.5 Å². The van der Waals surface area contributed by atoms with E-state index in [4.69, 9.17) is 28.0 Å². The molecule has 2 aromatic carbocycles. The molecule has 0 spiro atoms. The summed E-state index contributed by atoms with van der Waals surface area (Å²) < 4.78 is 43.1. The van der Waals surface area contributed by atoms with Gasteiger partial charge in [0, 0.05) is 27.6 Å². The maximum absolute atomic E-state index is 14.2. The highest BCUT2D eigenvalue weighted by molar-refractivity contribution is 9.10. The molecule has 3 aromatic rings. The van der Waals surface area contributed by atoms with Crippen LogP contribution in [0, 0.1) is 6.92 Å². The van der Waals surface area contributed by atoms with Crippen LogP contribution in [-0.4, -0.2) is 22.8 Å². The summed E-state index contributed by atoms with van der Waals surface area (Å²) in [6.45, 7) is 1.68. The maximum Gasteiger partial charge on any atom is 0.435 e. The van der Waals surface area contributed by atoms with Gasteiger partial charge in [-0.1, -0.05) is 40.5 Å². The third-order valence-electron chi connectivity index (χ3n) is 5.28. The molecule has 0 radical (unpaired) electrons. The van der Waals surface area contributed by atoms with E-state index in [1.54, 1.807) is 31.2 Å². The second-order valence-corrected chi connectivity index (χ2v) is 9.30. The number of pyridine rings is 1. The molecule has 34 heavy (non-hydrogen) atoms. The first kappa shape index (κ1) is 24.5. The van der Waals surface area contributed by atoms with Gasteiger partial charge in [0.15, 0.2) is 0 Å². The van der Waals surface area contributed by atoms with Crippen LogP contribution >= 0.6 is 39.1 Å². The van der Waals surface area contributed by atoms with Crippen molar-refractivity contribution >= 4 is 56.6 Å². The Morgan fingerprint density at radius 1 is 1.12 bits per heavy atom. The summed E-state index contributed by atoms with van der Waals surface area (Å²) in [5.41, 5.74) is -1.61. The van der Waals surface area contributed by atoms with Gasteiger partial charge in [0.2, 0.25) is 0 Å². The van der Waals surface area contributed by atoms with Gasteiger partial charge >= 0.3 is 6.18 Å². The van der Waals surface area contributed by atoms with Gasteiger partial charge in [0.05, 0.1) is 5.71 Å². The molecule has 0 fully saturated rings. The second kappa shape index (κ2) is 9.20. The first-order valence-electron chi connectivity index (χ1n) is 9.82. The Kier molecular flexibility index (Phi) is 6.63. The minimum Gasteiger partial charge on any atom is -0.374 e. The van der Waals surface area contributed by atoms with E-state index in [1.165, 1.54) is 18.2 Å². The lowest BCUT2D eigenvalue weighted by Gasteiger charge is -2.29. The van der Waals surface area contributed by atoms with Gasteiger partial charge in [-0.3, -0.25) is 4.79 Å². The minimum atomic E-state index is -4.79. The Labute approximate surface area is 211 Å².